The minimum Gasteiger partial charge on any atom is -0.497 e. The fourth-order valence-electron chi connectivity index (χ4n) is 4.96. The van der Waals surface area contributed by atoms with E-state index >= 15 is 0 Å². The lowest BCUT2D eigenvalue weighted by atomic mass is 9.86. The molecule has 0 radical (unpaired) electrons. The van der Waals surface area contributed by atoms with E-state index in [1.165, 1.54) is 25.7 Å². The standard InChI is InChI=1S/C23H31N3O3/c1-28-20-10-8-17(9-11-20)23-25-22(29-26-23)5-3-2-4-12-24-21(27)15-19-14-16-6-7-18(19)13-16/h8-11,16,18-19H,2-7,12-15H2,1H3,(H,24,27)/t16-,18-,19+/m1/s1. The number of methoxy groups -OCH3 is 1. The van der Waals surface area contributed by atoms with Crippen LogP contribution in [0.1, 0.15) is 57.3 Å². The first-order valence-electron chi connectivity index (χ1n) is 10.9. The van der Waals surface area contributed by atoms with E-state index in [-0.39, 0.29) is 5.91 Å². The van der Waals surface area contributed by atoms with Crippen molar-refractivity contribution < 1.29 is 14.1 Å². The van der Waals surface area contributed by atoms with E-state index in [2.05, 4.69) is 15.5 Å². The van der Waals surface area contributed by atoms with Crippen LogP contribution in [0.5, 0.6) is 5.75 Å². The SMILES string of the molecule is COc1ccc(-c2noc(CCCCCNC(=O)C[C@@H]3C[C@@H]4CC[C@@H]3C4)n2)cc1. The number of hydrogen-bond acceptors (Lipinski definition) is 5. The molecule has 29 heavy (non-hydrogen) atoms. The fraction of sp³-hybridized carbons (Fsp3) is 0.609. The molecule has 1 aromatic carbocycles. The summed E-state index contributed by atoms with van der Waals surface area (Å²) in [5.74, 6) is 4.69. The van der Waals surface area contributed by atoms with Crippen LogP contribution in [0.4, 0.5) is 0 Å². The first kappa shape index (κ1) is 19.9. The van der Waals surface area contributed by atoms with E-state index in [0.29, 0.717) is 17.6 Å². The third-order valence-corrected chi connectivity index (χ3v) is 6.54. The van der Waals surface area contributed by atoms with Gasteiger partial charge in [0.2, 0.25) is 17.6 Å². The number of ether oxygens (including phenoxy) is 1. The molecule has 6 heteroatoms. The maximum absolute atomic E-state index is 12.2. The largest absolute Gasteiger partial charge is 0.497 e. The quantitative estimate of drug-likeness (QED) is 0.601. The van der Waals surface area contributed by atoms with Gasteiger partial charge in [0.15, 0.2) is 0 Å². The number of benzene rings is 1. The topological polar surface area (TPSA) is 77.3 Å². The van der Waals surface area contributed by atoms with Gasteiger partial charge in [0.25, 0.3) is 0 Å². The lowest BCUT2D eigenvalue weighted by Gasteiger charge is -2.20. The Morgan fingerprint density at radius 3 is 2.76 bits per heavy atom. The number of nitrogens with zero attached hydrogens (tertiary/aromatic N) is 2. The molecule has 0 aliphatic heterocycles. The molecule has 2 saturated carbocycles. The Balaban J connectivity index is 1.10. The monoisotopic (exact) mass is 397 g/mol. The van der Waals surface area contributed by atoms with E-state index in [1.54, 1.807) is 7.11 Å². The summed E-state index contributed by atoms with van der Waals surface area (Å²) in [5, 5.41) is 7.16. The van der Waals surface area contributed by atoms with Gasteiger partial charge in [-0.25, -0.2) is 0 Å². The highest BCUT2D eigenvalue weighted by Gasteiger charge is 2.39. The predicted molar refractivity (Wildman–Crippen MR) is 110 cm³/mol. The van der Waals surface area contributed by atoms with Gasteiger partial charge in [-0.15, -0.1) is 0 Å². The Morgan fingerprint density at radius 1 is 1.17 bits per heavy atom. The molecular formula is C23H31N3O3. The molecule has 2 fully saturated rings. The average molecular weight is 398 g/mol. The van der Waals surface area contributed by atoms with Crippen molar-refractivity contribution in [3.05, 3.63) is 30.2 Å². The van der Waals surface area contributed by atoms with E-state index in [4.69, 9.17) is 9.26 Å². The van der Waals surface area contributed by atoms with Crippen LogP contribution in [0.25, 0.3) is 11.4 Å². The zero-order valence-electron chi connectivity index (χ0n) is 17.2. The van der Waals surface area contributed by atoms with E-state index in [9.17, 15) is 4.79 Å². The Labute approximate surface area is 172 Å². The van der Waals surface area contributed by atoms with Crippen molar-refractivity contribution in [3.63, 3.8) is 0 Å². The summed E-state index contributed by atoms with van der Waals surface area (Å²) < 4.78 is 10.5. The number of unbranched alkanes of at least 4 members (excludes halogenated alkanes) is 2. The van der Waals surface area contributed by atoms with Gasteiger partial charge in [-0.05, 0) is 74.1 Å². The van der Waals surface area contributed by atoms with Crippen molar-refractivity contribution in [3.8, 4) is 17.1 Å². The third kappa shape index (κ3) is 5.17. The van der Waals surface area contributed by atoms with E-state index in [0.717, 1.165) is 61.8 Å². The van der Waals surface area contributed by atoms with Crippen LogP contribution < -0.4 is 10.1 Å². The van der Waals surface area contributed by atoms with Gasteiger partial charge < -0.3 is 14.6 Å². The van der Waals surface area contributed by atoms with Crippen molar-refractivity contribution in [2.24, 2.45) is 17.8 Å². The number of amides is 1. The van der Waals surface area contributed by atoms with Crippen LogP contribution in [0.2, 0.25) is 0 Å². The first-order chi connectivity index (χ1) is 14.2. The highest BCUT2D eigenvalue weighted by atomic mass is 16.5. The number of carbonyl (C=O) groups is 1. The van der Waals surface area contributed by atoms with Crippen LogP contribution in [-0.2, 0) is 11.2 Å². The Kier molecular flexibility index (Phi) is 6.47. The maximum Gasteiger partial charge on any atom is 0.226 e. The molecule has 6 nitrogen and oxygen atoms in total. The van der Waals surface area contributed by atoms with Crippen LogP contribution >= 0.6 is 0 Å². The summed E-state index contributed by atoms with van der Waals surface area (Å²) >= 11 is 0. The molecule has 2 aliphatic rings. The first-order valence-corrected chi connectivity index (χ1v) is 10.9. The third-order valence-electron chi connectivity index (χ3n) is 6.54. The van der Waals surface area contributed by atoms with Crippen molar-refractivity contribution in [2.75, 3.05) is 13.7 Å². The van der Waals surface area contributed by atoms with Gasteiger partial charge in [-0.1, -0.05) is 18.0 Å². The predicted octanol–water partition coefficient (Wildman–Crippen LogP) is 4.40. The zero-order chi connectivity index (χ0) is 20.1. The van der Waals surface area contributed by atoms with Gasteiger partial charge in [0.05, 0.1) is 7.11 Å². The summed E-state index contributed by atoms with van der Waals surface area (Å²) in [6.45, 7) is 0.764. The number of aryl methyl sites for hydroxylation is 1. The molecule has 2 aliphatic carbocycles. The molecule has 0 unspecified atom stereocenters. The number of aromatic nitrogens is 2. The number of nitrogens with one attached hydrogen (secondary N) is 1. The minimum absolute atomic E-state index is 0.239. The van der Waals surface area contributed by atoms with Gasteiger partial charge >= 0.3 is 0 Å². The summed E-state index contributed by atoms with van der Waals surface area (Å²) in [4.78, 5) is 16.6. The minimum atomic E-state index is 0.239. The maximum atomic E-state index is 12.2. The number of carbonyl (C=O) groups excluding carboxylic acids is 1. The molecule has 156 valence electrons. The molecule has 1 N–H and O–H groups in total. The van der Waals surface area contributed by atoms with Crippen molar-refractivity contribution in [1.29, 1.82) is 0 Å². The van der Waals surface area contributed by atoms with Crippen LogP contribution in [0.3, 0.4) is 0 Å². The molecule has 2 bridgehead atoms. The molecule has 1 heterocycles. The van der Waals surface area contributed by atoms with Gasteiger partial charge in [0.1, 0.15) is 5.75 Å². The zero-order valence-corrected chi connectivity index (χ0v) is 17.2. The number of hydrogen-bond donors (Lipinski definition) is 1. The summed E-state index contributed by atoms with van der Waals surface area (Å²) in [6.07, 6.45) is 9.89. The molecule has 2 aromatic rings. The molecule has 1 amide bonds. The lowest BCUT2D eigenvalue weighted by molar-refractivity contribution is -0.122. The molecule has 0 spiro atoms. The molecule has 0 saturated heterocycles. The van der Waals surface area contributed by atoms with Crippen molar-refractivity contribution in [1.82, 2.24) is 15.5 Å². The second kappa shape index (κ2) is 9.42. The van der Waals surface area contributed by atoms with E-state index < -0.39 is 0 Å². The fourth-order valence-corrected chi connectivity index (χ4v) is 4.96. The van der Waals surface area contributed by atoms with Crippen molar-refractivity contribution in [2.45, 2.75) is 57.8 Å². The van der Waals surface area contributed by atoms with Gasteiger partial charge in [-0.3, -0.25) is 4.79 Å². The second-order valence-electron chi connectivity index (χ2n) is 8.54. The Bertz CT molecular complexity index is 802. The van der Waals surface area contributed by atoms with Gasteiger partial charge in [-0.2, -0.15) is 4.98 Å². The van der Waals surface area contributed by atoms with Gasteiger partial charge in [0, 0.05) is 24.9 Å². The number of rotatable bonds is 10. The normalized spacial score (nSPS) is 22.7. The molecular weight excluding hydrogens is 366 g/mol. The summed E-state index contributed by atoms with van der Waals surface area (Å²) in [5.41, 5.74) is 0.916. The molecule has 1 aromatic heterocycles. The Morgan fingerprint density at radius 2 is 2.03 bits per heavy atom. The highest BCUT2D eigenvalue weighted by Crippen LogP contribution is 2.49. The lowest BCUT2D eigenvalue weighted by Crippen LogP contribution is -2.28. The summed E-state index contributed by atoms with van der Waals surface area (Å²) in [6, 6.07) is 7.62. The van der Waals surface area contributed by atoms with Crippen LogP contribution in [0.15, 0.2) is 28.8 Å². The van der Waals surface area contributed by atoms with E-state index in [1.807, 2.05) is 24.3 Å². The highest BCUT2D eigenvalue weighted by molar-refractivity contribution is 5.76. The average Bonchev–Trinajstić information content (AvgIpc) is 3.48. The smallest absolute Gasteiger partial charge is 0.226 e. The molecule has 4 rings (SSSR count). The number of fused-ring (bicyclic) bond motifs is 2. The second-order valence-corrected chi connectivity index (χ2v) is 8.54. The van der Waals surface area contributed by atoms with Crippen LogP contribution in [0, 0.1) is 17.8 Å². The van der Waals surface area contributed by atoms with Crippen LogP contribution in [-0.4, -0.2) is 29.7 Å². The summed E-state index contributed by atoms with van der Waals surface area (Å²) in [7, 11) is 1.64. The molecule has 3 atom stereocenters. The Hall–Kier alpha value is -2.37. The van der Waals surface area contributed by atoms with Crippen molar-refractivity contribution >= 4 is 5.91 Å².